The van der Waals surface area contributed by atoms with E-state index in [1.54, 1.807) is 25.3 Å². The van der Waals surface area contributed by atoms with Gasteiger partial charge in [-0.05, 0) is 55.4 Å². The maximum Gasteiger partial charge on any atom is 0.259 e. The first-order valence-corrected chi connectivity index (χ1v) is 10.2. The van der Waals surface area contributed by atoms with Crippen molar-refractivity contribution >= 4 is 35.0 Å². The van der Waals surface area contributed by atoms with E-state index in [1.807, 2.05) is 19.2 Å². The number of rotatable bonds is 5. The number of hydrogen-bond acceptors (Lipinski definition) is 5. The molecule has 6 nitrogen and oxygen atoms in total. The molecule has 1 aromatic rings. The van der Waals surface area contributed by atoms with Crippen LogP contribution in [0.3, 0.4) is 0 Å². The molecule has 1 aliphatic heterocycles. The quantitative estimate of drug-likeness (QED) is 0.801. The minimum absolute atomic E-state index is 0.117. The summed E-state index contributed by atoms with van der Waals surface area (Å²) >= 11 is 1.40. The minimum atomic E-state index is -0.207. The first-order chi connectivity index (χ1) is 13.3. The number of benzene rings is 1. The molecule has 0 unspecified atom stereocenters. The van der Waals surface area contributed by atoms with Gasteiger partial charge in [-0.15, -0.1) is 11.8 Å². The molecule has 2 amide bonds. The molecule has 1 fully saturated rings. The fraction of sp³-hybridized carbons (Fsp3) is 0.286. The lowest BCUT2D eigenvalue weighted by atomic mass is 9.92. The third-order valence-corrected chi connectivity index (χ3v) is 5.32. The van der Waals surface area contributed by atoms with Crippen LogP contribution in [-0.2, 0) is 4.79 Å². The Hall–Kier alpha value is -2.80. The van der Waals surface area contributed by atoms with Crippen molar-refractivity contribution in [3.8, 4) is 0 Å². The highest BCUT2D eigenvalue weighted by molar-refractivity contribution is 8.02. The Bertz CT molecular complexity index is 942. The molecule has 28 heavy (non-hydrogen) atoms. The van der Waals surface area contributed by atoms with Crippen molar-refractivity contribution in [2.24, 2.45) is 10.7 Å². The number of hydrogen-bond donors (Lipinski definition) is 2. The Morgan fingerprint density at radius 3 is 2.75 bits per heavy atom. The normalized spacial score (nSPS) is 19.8. The van der Waals surface area contributed by atoms with E-state index in [4.69, 9.17) is 5.73 Å². The van der Waals surface area contributed by atoms with Gasteiger partial charge >= 0.3 is 0 Å². The zero-order chi connectivity index (χ0) is 20.4. The zero-order valence-corrected chi connectivity index (χ0v) is 17.1. The highest BCUT2D eigenvalue weighted by Crippen LogP contribution is 2.29. The zero-order valence-electron chi connectivity index (χ0n) is 16.3. The summed E-state index contributed by atoms with van der Waals surface area (Å²) in [6.45, 7) is 5.76. The largest absolute Gasteiger partial charge is 0.404 e. The summed E-state index contributed by atoms with van der Waals surface area (Å²) in [6, 6.07) is 5.68. The van der Waals surface area contributed by atoms with Gasteiger partial charge in [-0.3, -0.25) is 14.5 Å². The van der Waals surface area contributed by atoms with Crippen molar-refractivity contribution in [2.75, 3.05) is 13.3 Å². The molecule has 0 radical (unpaired) electrons. The van der Waals surface area contributed by atoms with Gasteiger partial charge in [0.1, 0.15) is 5.84 Å². The summed E-state index contributed by atoms with van der Waals surface area (Å²) < 4.78 is 0. The molecule has 1 aliphatic carbocycles. The van der Waals surface area contributed by atoms with Gasteiger partial charge in [0.15, 0.2) is 0 Å². The average Bonchev–Trinajstić information content (AvgIpc) is 3.50. The maximum absolute atomic E-state index is 13.1. The Labute approximate surface area is 169 Å². The number of aryl methyl sites for hydroxylation is 1. The molecule has 0 spiro atoms. The van der Waals surface area contributed by atoms with Gasteiger partial charge < -0.3 is 11.1 Å². The first kappa shape index (κ1) is 19.9. The predicted molar refractivity (Wildman–Crippen MR) is 115 cm³/mol. The third-order valence-electron chi connectivity index (χ3n) is 4.76. The van der Waals surface area contributed by atoms with Crippen molar-refractivity contribution in [3.63, 3.8) is 0 Å². The Kier molecular flexibility index (Phi) is 5.74. The van der Waals surface area contributed by atoms with Crippen LogP contribution in [-0.4, -0.2) is 41.9 Å². The SMILES string of the molecule is C=C(/N=C1\C(=C/N)C=C(c2cc(C(=O)NC3CC3)ccc2C)C(=O)N1C)SC. The van der Waals surface area contributed by atoms with Crippen LogP contribution < -0.4 is 11.1 Å². The first-order valence-electron chi connectivity index (χ1n) is 9.01. The standard InChI is InChI=1S/C21H24N4O2S/c1-12-5-6-14(20(26)24-16-7-8-16)9-17(12)18-10-15(11-22)19(23-13(2)28-4)25(3)21(18)27/h5-6,9-11,16H,2,7-8,22H2,1,3-4H3,(H,24,26)/b15-11-,23-19+. The molecule has 2 aliphatic rings. The fourth-order valence-corrected chi connectivity index (χ4v) is 3.10. The van der Waals surface area contributed by atoms with Crippen molar-refractivity contribution in [2.45, 2.75) is 25.8 Å². The van der Waals surface area contributed by atoms with Gasteiger partial charge in [-0.25, -0.2) is 4.99 Å². The molecule has 0 aromatic heterocycles. The Balaban J connectivity index is 2.02. The topological polar surface area (TPSA) is 87.8 Å². The van der Waals surface area contributed by atoms with Crippen molar-refractivity contribution in [1.29, 1.82) is 0 Å². The van der Waals surface area contributed by atoms with E-state index in [1.165, 1.54) is 22.9 Å². The summed E-state index contributed by atoms with van der Waals surface area (Å²) in [5.74, 6) is 0.131. The van der Waals surface area contributed by atoms with Gasteiger partial charge in [0.25, 0.3) is 11.8 Å². The van der Waals surface area contributed by atoms with Crippen LogP contribution in [0.2, 0.25) is 0 Å². The summed E-state index contributed by atoms with van der Waals surface area (Å²) in [5, 5.41) is 3.56. The van der Waals surface area contributed by atoms with E-state index in [9.17, 15) is 9.59 Å². The van der Waals surface area contributed by atoms with E-state index < -0.39 is 0 Å². The van der Waals surface area contributed by atoms with E-state index in [-0.39, 0.29) is 17.9 Å². The smallest absolute Gasteiger partial charge is 0.259 e. The number of amides is 2. The second kappa shape index (κ2) is 8.06. The van der Waals surface area contributed by atoms with Crippen molar-refractivity contribution in [3.05, 3.63) is 64.3 Å². The number of likely N-dealkylation sites (N-methyl/N-ethyl adjacent to an activating group) is 1. The lowest BCUT2D eigenvalue weighted by Gasteiger charge is -2.27. The minimum Gasteiger partial charge on any atom is -0.404 e. The third kappa shape index (κ3) is 4.04. The van der Waals surface area contributed by atoms with E-state index >= 15 is 0 Å². The highest BCUT2D eigenvalue weighted by Gasteiger charge is 2.30. The van der Waals surface area contributed by atoms with Gasteiger partial charge in [0.05, 0.1) is 5.03 Å². The average molecular weight is 397 g/mol. The summed E-state index contributed by atoms with van der Waals surface area (Å²) in [4.78, 5) is 31.4. The van der Waals surface area contributed by atoms with E-state index in [0.29, 0.717) is 33.1 Å². The van der Waals surface area contributed by atoms with Crippen LogP contribution in [0.4, 0.5) is 0 Å². The highest BCUT2D eigenvalue weighted by atomic mass is 32.2. The van der Waals surface area contributed by atoms with Crippen molar-refractivity contribution < 1.29 is 9.59 Å². The maximum atomic E-state index is 13.1. The molecule has 1 heterocycles. The van der Waals surface area contributed by atoms with Gasteiger partial charge in [-0.1, -0.05) is 12.6 Å². The molecular formula is C21H24N4O2S. The second-order valence-corrected chi connectivity index (χ2v) is 7.73. The molecule has 3 N–H and O–H groups in total. The predicted octanol–water partition coefficient (Wildman–Crippen LogP) is 2.82. The number of amidine groups is 1. The fourth-order valence-electron chi connectivity index (χ4n) is 2.92. The number of carbonyl (C=O) groups is 2. The van der Waals surface area contributed by atoms with E-state index in [2.05, 4.69) is 16.9 Å². The second-order valence-electron chi connectivity index (χ2n) is 6.85. The molecule has 146 valence electrons. The van der Waals surface area contributed by atoms with Crippen LogP contribution >= 0.6 is 11.8 Å². The molecule has 0 bridgehead atoms. The summed E-state index contributed by atoms with van der Waals surface area (Å²) in [7, 11) is 1.66. The molecule has 1 saturated carbocycles. The Morgan fingerprint density at radius 1 is 1.43 bits per heavy atom. The van der Waals surface area contributed by atoms with Crippen LogP contribution in [0.25, 0.3) is 5.57 Å². The molecule has 3 rings (SSSR count). The monoisotopic (exact) mass is 396 g/mol. The van der Waals surface area contributed by atoms with Crippen LogP contribution in [0.1, 0.15) is 34.3 Å². The molecule has 0 atom stereocenters. The number of nitrogens with two attached hydrogens (primary N) is 1. The van der Waals surface area contributed by atoms with Crippen LogP contribution in [0.5, 0.6) is 0 Å². The molecular weight excluding hydrogens is 372 g/mol. The van der Waals surface area contributed by atoms with Gasteiger partial charge in [-0.2, -0.15) is 0 Å². The molecule has 0 saturated heterocycles. The number of nitrogens with zero attached hydrogens (tertiary/aromatic N) is 2. The van der Waals surface area contributed by atoms with E-state index in [0.717, 1.165) is 18.4 Å². The number of carbonyl (C=O) groups excluding carboxylic acids is 2. The molecule has 1 aromatic carbocycles. The van der Waals surface area contributed by atoms with Crippen LogP contribution in [0, 0.1) is 6.92 Å². The summed E-state index contributed by atoms with van der Waals surface area (Å²) in [6.07, 6.45) is 7.06. The number of nitrogens with one attached hydrogen (secondary N) is 1. The lowest BCUT2D eigenvalue weighted by Crippen LogP contribution is -2.38. The molecule has 7 heteroatoms. The van der Waals surface area contributed by atoms with Crippen LogP contribution in [0.15, 0.2) is 52.6 Å². The summed E-state index contributed by atoms with van der Waals surface area (Å²) in [5.41, 5.74) is 9.07. The lowest BCUT2D eigenvalue weighted by molar-refractivity contribution is -0.120. The van der Waals surface area contributed by atoms with Gasteiger partial charge in [0.2, 0.25) is 0 Å². The Morgan fingerprint density at radius 2 is 2.14 bits per heavy atom. The van der Waals surface area contributed by atoms with Crippen molar-refractivity contribution in [1.82, 2.24) is 10.2 Å². The number of aliphatic imine (C=N–C) groups is 1. The van der Waals surface area contributed by atoms with Gasteiger partial charge in [0, 0.05) is 36.0 Å². The number of thioether (sulfide) groups is 1.